The van der Waals surface area contributed by atoms with Crippen molar-refractivity contribution in [1.82, 2.24) is 10.6 Å². The van der Waals surface area contributed by atoms with Crippen LogP contribution in [0.1, 0.15) is 22.5 Å². The molecule has 1 aliphatic rings. The molecule has 106 valence electrons. The number of halogens is 1. The minimum absolute atomic E-state index is 0.156. The predicted octanol–water partition coefficient (Wildman–Crippen LogP) is 2.10. The monoisotopic (exact) mass is 293 g/mol. The molecule has 1 aromatic heterocycles. The van der Waals surface area contributed by atoms with E-state index >= 15 is 0 Å². The Hall–Kier alpha value is -1.66. The maximum atomic E-state index is 13.2. The highest BCUT2D eigenvalue weighted by molar-refractivity contribution is 7.21. The normalized spacial score (nSPS) is 16.4. The summed E-state index contributed by atoms with van der Waals surface area (Å²) in [6.07, 6.45) is 1.84. The lowest BCUT2D eigenvalue weighted by Crippen LogP contribution is -2.42. The summed E-state index contributed by atoms with van der Waals surface area (Å²) < 4.78 is 14.1. The van der Waals surface area contributed by atoms with Crippen LogP contribution < -0.4 is 16.4 Å². The minimum Gasteiger partial charge on any atom is -0.397 e. The number of benzene rings is 1. The number of hydrogen-bond donors (Lipinski definition) is 3. The average Bonchev–Trinajstić information content (AvgIpc) is 2.77. The first-order chi connectivity index (χ1) is 9.65. The molecule has 4 nitrogen and oxygen atoms in total. The van der Waals surface area contributed by atoms with Crippen molar-refractivity contribution in [2.45, 2.75) is 18.9 Å². The van der Waals surface area contributed by atoms with E-state index in [1.807, 2.05) is 0 Å². The highest BCUT2D eigenvalue weighted by atomic mass is 32.1. The molecule has 0 bridgehead atoms. The molecule has 2 heterocycles. The Labute approximate surface area is 120 Å². The number of hydrogen-bond acceptors (Lipinski definition) is 4. The van der Waals surface area contributed by atoms with Gasteiger partial charge in [-0.05, 0) is 44.1 Å². The molecule has 1 aromatic carbocycles. The molecule has 1 fully saturated rings. The first-order valence-electron chi connectivity index (χ1n) is 6.64. The maximum absolute atomic E-state index is 13.2. The highest BCUT2D eigenvalue weighted by Crippen LogP contribution is 2.34. The van der Waals surface area contributed by atoms with Gasteiger partial charge in [-0.15, -0.1) is 11.3 Å². The molecule has 0 radical (unpaired) electrons. The predicted molar refractivity (Wildman–Crippen MR) is 79.6 cm³/mol. The number of rotatable bonds is 2. The second-order valence-corrected chi connectivity index (χ2v) is 6.04. The van der Waals surface area contributed by atoms with E-state index < -0.39 is 0 Å². The topological polar surface area (TPSA) is 67.2 Å². The van der Waals surface area contributed by atoms with E-state index in [-0.39, 0.29) is 17.8 Å². The lowest BCUT2D eigenvalue weighted by atomic mass is 10.1. The molecule has 6 heteroatoms. The van der Waals surface area contributed by atoms with Gasteiger partial charge in [0.25, 0.3) is 5.91 Å². The molecular weight excluding hydrogens is 277 g/mol. The Morgan fingerprint density at radius 3 is 2.90 bits per heavy atom. The molecule has 0 saturated carbocycles. The second-order valence-electron chi connectivity index (χ2n) is 4.98. The lowest BCUT2D eigenvalue weighted by Gasteiger charge is -2.23. The van der Waals surface area contributed by atoms with Crippen LogP contribution in [0.5, 0.6) is 0 Å². The van der Waals surface area contributed by atoms with Gasteiger partial charge >= 0.3 is 0 Å². The number of nitrogens with two attached hydrogens (primary N) is 1. The Kier molecular flexibility index (Phi) is 3.58. The van der Waals surface area contributed by atoms with Gasteiger partial charge in [0.2, 0.25) is 0 Å². The van der Waals surface area contributed by atoms with Crippen LogP contribution in [-0.4, -0.2) is 25.0 Å². The molecule has 1 saturated heterocycles. The summed E-state index contributed by atoms with van der Waals surface area (Å²) >= 11 is 1.31. The van der Waals surface area contributed by atoms with E-state index in [0.29, 0.717) is 16.0 Å². The quantitative estimate of drug-likeness (QED) is 0.794. The SMILES string of the molecule is Nc1c(C(=O)NC2CCNCC2)sc2ccc(F)cc12. The Morgan fingerprint density at radius 2 is 2.15 bits per heavy atom. The standard InChI is InChI=1S/C14H16FN3OS/c15-8-1-2-11-10(7-8)12(16)13(20-11)14(19)18-9-3-5-17-6-4-9/h1-2,7,9,17H,3-6,16H2,(H,18,19). The molecule has 4 N–H and O–H groups in total. The molecule has 0 atom stereocenters. The number of anilines is 1. The molecule has 0 aliphatic carbocycles. The molecule has 0 unspecified atom stereocenters. The summed E-state index contributed by atoms with van der Waals surface area (Å²) in [6, 6.07) is 4.60. The molecule has 20 heavy (non-hydrogen) atoms. The van der Waals surface area contributed by atoms with E-state index in [1.54, 1.807) is 6.07 Å². The zero-order chi connectivity index (χ0) is 14.1. The maximum Gasteiger partial charge on any atom is 0.263 e. The summed E-state index contributed by atoms with van der Waals surface area (Å²) in [7, 11) is 0. The van der Waals surface area contributed by atoms with E-state index in [4.69, 9.17) is 5.73 Å². The summed E-state index contributed by atoms with van der Waals surface area (Å²) in [5, 5.41) is 6.88. The smallest absolute Gasteiger partial charge is 0.263 e. The van der Waals surface area contributed by atoms with Crippen molar-refractivity contribution < 1.29 is 9.18 Å². The number of carbonyl (C=O) groups excluding carboxylic acids is 1. The van der Waals surface area contributed by atoms with E-state index in [0.717, 1.165) is 30.6 Å². The number of nitrogen functional groups attached to an aromatic ring is 1. The van der Waals surface area contributed by atoms with Gasteiger partial charge in [0.15, 0.2) is 0 Å². The summed E-state index contributed by atoms with van der Waals surface area (Å²) in [5.41, 5.74) is 6.36. The molecule has 1 amide bonds. The van der Waals surface area contributed by atoms with Gasteiger partial charge in [-0.1, -0.05) is 0 Å². The first-order valence-corrected chi connectivity index (χ1v) is 7.46. The number of carbonyl (C=O) groups is 1. The molecule has 3 rings (SSSR count). The van der Waals surface area contributed by atoms with Crippen LogP contribution in [0.15, 0.2) is 18.2 Å². The van der Waals surface area contributed by atoms with Gasteiger partial charge in [-0.25, -0.2) is 4.39 Å². The van der Waals surface area contributed by atoms with Crippen LogP contribution in [0.4, 0.5) is 10.1 Å². The Bertz CT molecular complexity index is 649. The summed E-state index contributed by atoms with van der Waals surface area (Å²) in [4.78, 5) is 12.8. The van der Waals surface area contributed by atoms with Crippen molar-refractivity contribution >= 4 is 33.0 Å². The fourth-order valence-electron chi connectivity index (χ4n) is 2.47. The molecule has 1 aliphatic heterocycles. The van der Waals surface area contributed by atoms with E-state index in [1.165, 1.54) is 23.5 Å². The van der Waals surface area contributed by atoms with Gasteiger partial charge in [0.05, 0.1) is 5.69 Å². The molecule has 2 aromatic rings. The van der Waals surface area contributed by atoms with E-state index in [2.05, 4.69) is 10.6 Å². The van der Waals surface area contributed by atoms with Crippen LogP contribution in [0.25, 0.3) is 10.1 Å². The van der Waals surface area contributed by atoms with Gasteiger partial charge in [0.1, 0.15) is 10.7 Å². The van der Waals surface area contributed by atoms with Crippen LogP contribution in [0, 0.1) is 5.82 Å². The fraction of sp³-hybridized carbons (Fsp3) is 0.357. The highest BCUT2D eigenvalue weighted by Gasteiger charge is 2.21. The van der Waals surface area contributed by atoms with Crippen LogP contribution in [-0.2, 0) is 0 Å². The third kappa shape index (κ3) is 2.48. The number of thiophene rings is 1. The van der Waals surface area contributed by atoms with Crippen molar-refractivity contribution in [3.8, 4) is 0 Å². The van der Waals surface area contributed by atoms with Crippen molar-refractivity contribution in [3.05, 3.63) is 28.9 Å². The Balaban J connectivity index is 1.85. The fourth-order valence-corrected chi connectivity index (χ4v) is 3.48. The van der Waals surface area contributed by atoms with Gasteiger partial charge < -0.3 is 16.4 Å². The second kappa shape index (κ2) is 5.38. The van der Waals surface area contributed by atoms with Crippen molar-refractivity contribution in [3.63, 3.8) is 0 Å². The number of amides is 1. The third-order valence-corrected chi connectivity index (χ3v) is 4.75. The number of nitrogens with one attached hydrogen (secondary N) is 2. The van der Waals surface area contributed by atoms with Crippen molar-refractivity contribution in [1.29, 1.82) is 0 Å². The van der Waals surface area contributed by atoms with Crippen LogP contribution in [0.2, 0.25) is 0 Å². The van der Waals surface area contributed by atoms with Gasteiger partial charge in [-0.3, -0.25) is 4.79 Å². The van der Waals surface area contributed by atoms with Gasteiger partial charge in [-0.2, -0.15) is 0 Å². The molecular formula is C14H16FN3OS. The lowest BCUT2D eigenvalue weighted by molar-refractivity contribution is 0.0934. The van der Waals surface area contributed by atoms with Crippen molar-refractivity contribution in [2.75, 3.05) is 18.8 Å². The van der Waals surface area contributed by atoms with E-state index in [9.17, 15) is 9.18 Å². The largest absolute Gasteiger partial charge is 0.397 e. The van der Waals surface area contributed by atoms with Crippen molar-refractivity contribution in [2.24, 2.45) is 0 Å². The first kappa shape index (κ1) is 13.3. The average molecular weight is 293 g/mol. The Morgan fingerprint density at radius 1 is 1.40 bits per heavy atom. The zero-order valence-electron chi connectivity index (χ0n) is 10.9. The molecule has 0 spiro atoms. The number of fused-ring (bicyclic) bond motifs is 1. The van der Waals surface area contributed by atoms with Gasteiger partial charge in [0, 0.05) is 16.1 Å². The zero-order valence-corrected chi connectivity index (χ0v) is 11.7. The number of piperidine rings is 1. The third-order valence-electron chi connectivity index (χ3n) is 3.57. The minimum atomic E-state index is -0.340. The van der Waals surface area contributed by atoms with Crippen LogP contribution in [0.3, 0.4) is 0 Å². The summed E-state index contributed by atoms with van der Waals surface area (Å²) in [5.74, 6) is -0.497. The summed E-state index contributed by atoms with van der Waals surface area (Å²) in [6.45, 7) is 1.83. The van der Waals surface area contributed by atoms with Crippen LogP contribution >= 0.6 is 11.3 Å².